The third kappa shape index (κ3) is 6.60. The average Bonchev–Trinajstić information content (AvgIpc) is 2.86. The second-order valence-corrected chi connectivity index (χ2v) is 7.86. The second kappa shape index (κ2) is 10.3. The molecule has 36 heavy (non-hydrogen) atoms. The Morgan fingerprint density at radius 3 is 2.06 bits per heavy atom. The molecule has 2 atom stereocenters. The van der Waals surface area contributed by atoms with Crippen LogP contribution in [-0.2, 0) is 19.2 Å². The Hall–Kier alpha value is -3.46. The summed E-state index contributed by atoms with van der Waals surface area (Å²) in [6.07, 6.45) is -10.9. The Morgan fingerprint density at radius 1 is 1.00 bits per heavy atom. The molecular formula is C20H20F8N4O4. The third-order valence-electron chi connectivity index (χ3n) is 5.11. The molecule has 4 amide bonds. The number of amides is 4. The van der Waals surface area contributed by atoms with Crippen molar-refractivity contribution >= 4 is 35.0 Å². The lowest BCUT2D eigenvalue weighted by Gasteiger charge is -2.27. The van der Waals surface area contributed by atoms with Gasteiger partial charge in [-0.2, -0.15) is 35.1 Å². The highest BCUT2D eigenvalue weighted by molar-refractivity contribution is 6.09. The lowest BCUT2D eigenvalue weighted by molar-refractivity contribution is -0.278. The molecule has 2 N–H and O–H groups in total. The van der Waals surface area contributed by atoms with Gasteiger partial charge >= 0.3 is 18.3 Å². The maximum Gasteiger partial charge on any atom is 0.455 e. The van der Waals surface area contributed by atoms with Crippen molar-refractivity contribution in [3.63, 3.8) is 0 Å². The highest BCUT2D eigenvalue weighted by atomic mass is 19.4. The number of para-hydroxylation sites is 2. The molecule has 2 rings (SSSR count). The summed E-state index contributed by atoms with van der Waals surface area (Å²) in [6.45, 7) is -2.73. The van der Waals surface area contributed by atoms with Gasteiger partial charge in [-0.1, -0.05) is 12.1 Å². The van der Waals surface area contributed by atoms with E-state index in [2.05, 4.69) is 0 Å². The van der Waals surface area contributed by atoms with E-state index in [-0.39, 0.29) is 16.3 Å². The topological polar surface area (TPSA) is 98.8 Å². The molecule has 0 spiro atoms. The molecule has 16 heteroatoms. The number of rotatable bonds is 6. The van der Waals surface area contributed by atoms with Gasteiger partial charge in [0.25, 0.3) is 5.91 Å². The first-order valence-corrected chi connectivity index (χ1v) is 10.1. The molecule has 2 unspecified atom stereocenters. The molecule has 0 aliphatic carbocycles. The van der Waals surface area contributed by atoms with E-state index in [1.165, 1.54) is 23.5 Å². The number of hydrogen-bond donors (Lipinski definition) is 2. The second-order valence-electron chi connectivity index (χ2n) is 7.86. The molecule has 1 aliphatic heterocycles. The number of hydrogen-bond acceptors (Lipinski definition) is 4. The van der Waals surface area contributed by atoms with Crippen molar-refractivity contribution in [3.8, 4) is 0 Å². The Balaban J connectivity index is 2.28. The van der Waals surface area contributed by atoms with Crippen molar-refractivity contribution in [1.29, 1.82) is 0 Å². The minimum absolute atomic E-state index is 0.0699. The largest absolute Gasteiger partial charge is 0.455 e. The van der Waals surface area contributed by atoms with Gasteiger partial charge in [0, 0.05) is 6.92 Å². The molecule has 1 aromatic rings. The van der Waals surface area contributed by atoms with Crippen LogP contribution >= 0.6 is 0 Å². The van der Waals surface area contributed by atoms with Crippen molar-refractivity contribution in [2.24, 2.45) is 5.92 Å². The van der Waals surface area contributed by atoms with Crippen LogP contribution in [0.15, 0.2) is 24.3 Å². The molecule has 1 heterocycles. The normalized spacial score (nSPS) is 17.7. The summed E-state index contributed by atoms with van der Waals surface area (Å²) in [4.78, 5) is 50.9. The smallest absolute Gasteiger partial charge is 0.349 e. The lowest BCUT2D eigenvalue weighted by atomic mass is 10.1. The number of fused-ring (bicyclic) bond motifs is 1. The Morgan fingerprint density at radius 2 is 1.56 bits per heavy atom. The maximum atomic E-state index is 13.2. The number of carbonyl (C=O) groups is 4. The predicted molar refractivity (Wildman–Crippen MR) is 108 cm³/mol. The zero-order valence-electron chi connectivity index (χ0n) is 18.6. The summed E-state index contributed by atoms with van der Waals surface area (Å²) >= 11 is 0. The summed E-state index contributed by atoms with van der Waals surface area (Å²) in [5.74, 6) is -12.1. The first-order chi connectivity index (χ1) is 16.4. The monoisotopic (exact) mass is 532 g/mol. The number of anilines is 2. The van der Waals surface area contributed by atoms with E-state index in [1.807, 2.05) is 5.32 Å². The zero-order chi connectivity index (χ0) is 27.6. The number of nitrogens with one attached hydrogen (secondary N) is 2. The van der Waals surface area contributed by atoms with Crippen LogP contribution in [0.5, 0.6) is 0 Å². The van der Waals surface area contributed by atoms with E-state index in [9.17, 15) is 54.3 Å². The summed E-state index contributed by atoms with van der Waals surface area (Å²) < 4.78 is 103. The van der Waals surface area contributed by atoms with E-state index in [0.29, 0.717) is 0 Å². The van der Waals surface area contributed by atoms with Crippen LogP contribution in [0.2, 0.25) is 0 Å². The van der Waals surface area contributed by atoms with Gasteiger partial charge in [0.05, 0.1) is 24.5 Å². The number of halogens is 8. The van der Waals surface area contributed by atoms with Crippen LogP contribution in [0.3, 0.4) is 0 Å². The van der Waals surface area contributed by atoms with Crippen molar-refractivity contribution < 1.29 is 54.3 Å². The summed E-state index contributed by atoms with van der Waals surface area (Å²) in [5, 5.41) is 3.26. The molecule has 0 fully saturated rings. The fraction of sp³-hybridized carbons (Fsp3) is 0.500. The van der Waals surface area contributed by atoms with Crippen LogP contribution in [0, 0.1) is 5.92 Å². The SMILES string of the molecule is CC(=O)N1CC(NC(=O)C(C)C(=O)NCC(F)(F)C(F)(F)F)C(=O)N(CC(F)(F)F)c2ccccc21. The average molecular weight is 532 g/mol. The Bertz CT molecular complexity index is 1030. The molecule has 1 aliphatic rings. The van der Waals surface area contributed by atoms with Crippen molar-refractivity contribution in [1.82, 2.24) is 10.6 Å². The quantitative estimate of drug-likeness (QED) is 0.434. The highest BCUT2D eigenvalue weighted by Crippen LogP contribution is 2.36. The third-order valence-corrected chi connectivity index (χ3v) is 5.11. The number of carbonyl (C=O) groups excluding carboxylic acids is 4. The standard InChI is InChI=1S/C20H20F8N4O4/c1-10(15(34)29-8-18(21,22)20(26,27)28)16(35)30-12-7-31(11(2)33)13-5-3-4-6-14(13)32(17(12)36)9-19(23,24)25/h3-6,10,12H,7-9H2,1-2H3,(H,29,34)(H,30,35). The van der Waals surface area contributed by atoms with Crippen LogP contribution in [0.25, 0.3) is 0 Å². The Labute approximate surface area is 198 Å². The predicted octanol–water partition coefficient (Wildman–Crippen LogP) is 2.38. The zero-order valence-corrected chi connectivity index (χ0v) is 18.6. The summed E-state index contributed by atoms with van der Waals surface area (Å²) in [7, 11) is 0. The Kier molecular flexibility index (Phi) is 8.20. The maximum absolute atomic E-state index is 13.2. The van der Waals surface area contributed by atoms with Gasteiger partial charge in [-0.3, -0.25) is 24.1 Å². The van der Waals surface area contributed by atoms with Crippen LogP contribution in [-0.4, -0.2) is 67.6 Å². The van der Waals surface area contributed by atoms with Crippen LogP contribution < -0.4 is 20.4 Å². The van der Waals surface area contributed by atoms with Crippen molar-refractivity contribution in [2.45, 2.75) is 38.2 Å². The minimum atomic E-state index is -5.97. The van der Waals surface area contributed by atoms with Gasteiger partial charge in [0.1, 0.15) is 18.5 Å². The van der Waals surface area contributed by atoms with E-state index in [1.54, 1.807) is 0 Å². The van der Waals surface area contributed by atoms with Gasteiger partial charge < -0.3 is 15.5 Å². The van der Waals surface area contributed by atoms with Gasteiger partial charge in [0.15, 0.2) is 0 Å². The fourth-order valence-corrected chi connectivity index (χ4v) is 3.20. The van der Waals surface area contributed by atoms with Gasteiger partial charge in [-0.25, -0.2) is 0 Å². The number of benzene rings is 1. The fourth-order valence-electron chi connectivity index (χ4n) is 3.20. The first-order valence-electron chi connectivity index (χ1n) is 10.1. The molecule has 0 bridgehead atoms. The molecule has 1 aromatic carbocycles. The number of alkyl halides is 8. The molecule has 200 valence electrons. The van der Waals surface area contributed by atoms with Gasteiger partial charge in [0.2, 0.25) is 17.7 Å². The van der Waals surface area contributed by atoms with Crippen LogP contribution in [0.1, 0.15) is 13.8 Å². The number of nitrogens with zero attached hydrogens (tertiary/aromatic N) is 2. The van der Waals surface area contributed by atoms with Gasteiger partial charge in [-0.05, 0) is 19.1 Å². The molecule has 0 saturated heterocycles. The summed E-state index contributed by atoms with van der Waals surface area (Å²) in [6, 6.07) is 3.32. The molecule has 0 radical (unpaired) electrons. The van der Waals surface area contributed by atoms with Crippen molar-refractivity contribution in [2.75, 3.05) is 29.4 Å². The molecule has 0 saturated carbocycles. The van der Waals surface area contributed by atoms with E-state index in [0.717, 1.165) is 24.8 Å². The lowest BCUT2D eigenvalue weighted by Crippen LogP contribution is -2.56. The molecule has 0 aromatic heterocycles. The van der Waals surface area contributed by atoms with E-state index < -0.39 is 73.5 Å². The highest BCUT2D eigenvalue weighted by Gasteiger charge is 2.57. The van der Waals surface area contributed by atoms with E-state index >= 15 is 0 Å². The minimum Gasteiger partial charge on any atom is -0.349 e. The summed E-state index contributed by atoms with van der Waals surface area (Å²) in [5.41, 5.74) is -0.355. The van der Waals surface area contributed by atoms with Crippen molar-refractivity contribution in [3.05, 3.63) is 24.3 Å². The van der Waals surface area contributed by atoms with Gasteiger partial charge in [-0.15, -0.1) is 0 Å². The molecule has 8 nitrogen and oxygen atoms in total. The van der Waals surface area contributed by atoms with Crippen LogP contribution in [0.4, 0.5) is 46.5 Å². The first kappa shape index (κ1) is 28.8. The molecular weight excluding hydrogens is 512 g/mol. The van der Waals surface area contributed by atoms with E-state index in [4.69, 9.17) is 0 Å².